The predicted molar refractivity (Wildman–Crippen MR) is 46.4 cm³/mol. The Morgan fingerprint density at radius 1 is 1.38 bits per heavy atom. The standard InChI is InChI=1S/C6H8N2O.C2HF3O2/c1-5-7-2-6(4-9)3-8-5;3-2(4,5)1(6)7/h2-3,9H,4H2,1H3;(H,6,7). The number of aliphatic hydroxyl groups is 1. The third-order valence-corrected chi connectivity index (χ3v) is 1.26. The van der Waals surface area contributed by atoms with Gasteiger partial charge >= 0.3 is 12.1 Å². The van der Waals surface area contributed by atoms with E-state index in [0.717, 1.165) is 11.4 Å². The van der Waals surface area contributed by atoms with Gasteiger partial charge in [0.2, 0.25) is 0 Å². The van der Waals surface area contributed by atoms with Crippen molar-refractivity contribution in [2.75, 3.05) is 0 Å². The Kier molecular flexibility index (Phi) is 5.37. The number of aromatic nitrogens is 2. The van der Waals surface area contributed by atoms with E-state index in [1.165, 1.54) is 0 Å². The number of aliphatic hydroxyl groups excluding tert-OH is 1. The van der Waals surface area contributed by atoms with Crippen molar-refractivity contribution in [3.63, 3.8) is 0 Å². The largest absolute Gasteiger partial charge is 0.490 e. The molecule has 0 saturated heterocycles. The van der Waals surface area contributed by atoms with Crippen LogP contribution in [0.3, 0.4) is 0 Å². The molecule has 90 valence electrons. The summed E-state index contributed by atoms with van der Waals surface area (Å²) >= 11 is 0. The molecule has 0 saturated carbocycles. The second kappa shape index (κ2) is 6.01. The maximum absolute atomic E-state index is 10.6. The second-order valence-electron chi connectivity index (χ2n) is 2.60. The molecule has 1 aromatic rings. The summed E-state index contributed by atoms with van der Waals surface area (Å²) in [5.41, 5.74) is 0.751. The van der Waals surface area contributed by atoms with Crippen LogP contribution in [0.5, 0.6) is 0 Å². The van der Waals surface area contributed by atoms with Crippen LogP contribution in [0.25, 0.3) is 0 Å². The summed E-state index contributed by atoms with van der Waals surface area (Å²) in [6.45, 7) is 1.82. The van der Waals surface area contributed by atoms with Crippen LogP contribution < -0.4 is 0 Å². The van der Waals surface area contributed by atoms with Gasteiger partial charge in [-0.15, -0.1) is 0 Å². The highest BCUT2D eigenvalue weighted by Gasteiger charge is 2.38. The van der Waals surface area contributed by atoms with Gasteiger partial charge in [-0.25, -0.2) is 14.8 Å². The summed E-state index contributed by atoms with van der Waals surface area (Å²) in [5.74, 6) is -2.03. The zero-order valence-electron chi connectivity index (χ0n) is 8.19. The second-order valence-corrected chi connectivity index (χ2v) is 2.60. The Hall–Kier alpha value is -1.70. The molecule has 0 aliphatic heterocycles. The van der Waals surface area contributed by atoms with E-state index < -0.39 is 12.1 Å². The van der Waals surface area contributed by atoms with Gasteiger partial charge in [0.25, 0.3) is 0 Å². The summed E-state index contributed by atoms with van der Waals surface area (Å²) in [7, 11) is 0. The van der Waals surface area contributed by atoms with Crippen LogP contribution in [0.1, 0.15) is 11.4 Å². The van der Waals surface area contributed by atoms with Crippen molar-refractivity contribution in [3.05, 3.63) is 23.8 Å². The highest BCUT2D eigenvalue weighted by atomic mass is 19.4. The number of nitrogens with zero attached hydrogens (tertiary/aromatic N) is 2. The molecule has 16 heavy (non-hydrogen) atoms. The molecule has 0 bridgehead atoms. The Labute approximate surface area is 88.6 Å². The molecule has 8 heteroatoms. The Morgan fingerprint density at radius 3 is 2.00 bits per heavy atom. The monoisotopic (exact) mass is 238 g/mol. The van der Waals surface area contributed by atoms with Gasteiger partial charge in [-0.2, -0.15) is 13.2 Å². The van der Waals surface area contributed by atoms with Crippen LogP contribution in [-0.2, 0) is 11.4 Å². The van der Waals surface area contributed by atoms with E-state index in [9.17, 15) is 13.2 Å². The van der Waals surface area contributed by atoms with Crippen LogP contribution in [0.4, 0.5) is 13.2 Å². The van der Waals surface area contributed by atoms with Crippen LogP contribution in [0.15, 0.2) is 12.4 Å². The van der Waals surface area contributed by atoms with Crippen molar-refractivity contribution >= 4 is 5.97 Å². The zero-order valence-corrected chi connectivity index (χ0v) is 8.19. The van der Waals surface area contributed by atoms with E-state index >= 15 is 0 Å². The maximum Gasteiger partial charge on any atom is 0.490 e. The summed E-state index contributed by atoms with van der Waals surface area (Å²) in [5, 5.41) is 15.7. The Morgan fingerprint density at radius 2 is 1.75 bits per heavy atom. The molecular weight excluding hydrogens is 229 g/mol. The van der Waals surface area contributed by atoms with Crippen LogP contribution in [0.2, 0.25) is 0 Å². The molecule has 0 aromatic carbocycles. The first-order valence-corrected chi connectivity index (χ1v) is 3.96. The van der Waals surface area contributed by atoms with Crippen molar-refractivity contribution in [1.82, 2.24) is 9.97 Å². The molecule has 2 N–H and O–H groups in total. The fourth-order valence-electron chi connectivity index (χ4n) is 0.501. The molecule has 1 aromatic heterocycles. The van der Waals surface area contributed by atoms with Crippen molar-refractivity contribution in [1.29, 1.82) is 0 Å². The van der Waals surface area contributed by atoms with Gasteiger partial charge in [0, 0.05) is 18.0 Å². The minimum Gasteiger partial charge on any atom is -0.475 e. The van der Waals surface area contributed by atoms with Gasteiger partial charge in [-0.3, -0.25) is 0 Å². The van der Waals surface area contributed by atoms with Crippen molar-refractivity contribution < 1.29 is 28.2 Å². The molecule has 1 heterocycles. The smallest absolute Gasteiger partial charge is 0.475 e. The van der Waals surface area contributed by atoms with Gasteiger partial charge in [-0.05, 0) is 6.92 Å². The number of hydrogen-bond donors (Lipinski definition) is 2. The normalized spacial score (nSPS) is 10.3. The molecule has 0 atom stereocenters. The topological polar surface area (TPSA) is 83.3 Å². The van der Waals surface area contributed by atoms with Gasteiger partial charge < -0.3 is 10.2 Å². The predicted octanol–water partition coefficient (Wildman–Crippen LogP) is 0.911. The van der Waals surface area contributed by atoms with Gasteiger partial charge in [-0.1, -0.05) is 0 Å². The minimum atomic E-state index is -5.08. The number of carbonyl (C=O) groups is 1. The SMILES string of the molecule is Cc1ncc(CO)cn1.O=C(O)C(F)(F)F. The Balaban J connectivity index is 0.000000293. The first-order valence-electron chi connectivity index (χ1n) is 3.96. The van der Waals surface area contributed by atoms with E-state index in [4.69, 9.17) is 15.0 Å². The average molecular weight is 238 g/mol. The number of hydrogen-bond acceptors (Lipinski definition) is 4. The van der Waals surface area contributed by atoms with Crippen LogP contribution in [-0.4, -0.2) is 32.3 Å². The quantitative estimate of drug-likeness (QED) is 0.759. The number of alkyl halides is 3. The first kappa shape index (κ1) is 14.3. The number of halogens is 3. The first-order chi connectivity index (χ1) is 7.27. The lowest BCUT2D eigenvalue weighted by atomic mass is 10.4. The summed E-state index contributed by atoms with van der Waals surface area (Å²) in [4.78, 5) is 16.7. The van der Waals surface area contributed by atoms with Gasteiger partial charge in [0.15, 0.2) is 0 Å². The average Bonchev–Trinajstić information content (AvgIpc) is 2.18. The van der Waals surface area contributed by atoms with Gasteiger partial charge in [0.05, 0.1) is 6.61 Å². The van der Waals surface area contributed by atoms with Gasteiger partial charge in [0.1, 0.15) is 5.82 Å². The van der Waals surface area contributed by atoms with Crippen molar-refractivity contribution in [2.24, 2.45) is 0 Å². The van der Waals surface area contributed by atoms with E-state index in [1.54, 1.807) is 19.3 Å². The molecular formula is C8H9F3N2O3. The fraction of sp³-hybridized carbons (Fsp3) is 0.375. The lowest BCUT2D eigenvalue weighted by Gasteiger charge is -1.93. The molecule has 0 spiro atoms. The molecule has 5 nitrogen and oxygen atoms in total. The third kappa shape index (κ3) is 5.91. The summed E-state index contributed by atoms with van der Waals surface area (Å²) < 4.78 is 31.7. The number of carboxylic acid groups (broad SMARTS) is 1. The van der Waals surface area contributed by atoms with Crippen LogP contribution >= 0.6 is 0 Å². The molecule has 0 amide bonds. The Bertz CT molecular complexity index is 337. The third-order valence-electron chi connectivity index (χ3n) is 1.26. The van der Waals surface area contributed by atoms with Crippen LogP contribution in [0, 0.1) is 6.92 Å². The number of rotatable bonds is 1. The molecule has 0 aliphatic rings. The summed E-state index contributed by atoms with van der Waals surface area (Å²) in [6.07, 6.45) is -1.86. The number of aryl methyl sites for hydroxylation is 1. The highest BCUT2D eigenvalue weighted by molar-refractivity contribution is 5.73. The molecule has 0 radical (unpaired) electrons. The summed E-state index contributed by atoms with van der Waals surface area (Å²) in [6, 6.07) is 0. The van der Waals surface area contributed by atoms with Crippen molar-refractivity contribution in [3.8, 4) is 0 Å². The maximum atomic E-state index is 10.6. The van der Waals surface area contributed by atoms with E-state index in [-0.39, 0.29) is 6.61 Å². The van der Waals surface area contributed by atoms with E-state index in [0.29, 0.717) is 0 Å². The fourth-order valence-corrected chi connectivity index (χ4v) is 0.501. The van der Waals surface area contributed by atoms with Crippen molar-refractivity contribution in [2.45, 2.75) is 19.7 Å². The molecule has 0 fully saturated rings. The number of aliphatic carboxylic acids is 1. The number of carboxylic acids is 1. The molecule has 1 rings (SSSR count). The lowest BCUT2D eigenvalue weighted by molar-refractivity contribution is -0.192. The molecule has 0 aliphatic carbocycles. The molecule has 0 unspecified atom stereocenters. The lowest BCUT2D eigenvalue weighted by Crippen LogP contribution is -2.21. The van der Waals surface area contributed by atoms with E-state index in [2.05, 4.69) is 9.97 Å². The van der Waals surface area contributed by atoms with E-state index in [1.807, 2.05) is 0 Å². The minimum absolute atomic E-state index is 0.0142. The highest BCUT2D eigenvalue weighted by Crippen LogP contribution is 2.13. The zero-order chi connectivity index (χ0) is 12.8.